The van der Waals surface area contributed by atoms with Crippen molar-refractivity contribution in [2.45, 2.75) is 101 Å². The molecule has 2 nitrogen and oxygen atoms in total. The molecule has 0 bridgehead atoms. The first-order chi connectivity index (χ1) is 27.8. The molecule has 2 heteroatoms. The highest BCUT2D eigenvalue weighted by atomic mass is 15.2. The van der Waals surface area contributed by atoms with Crippen LogP contribution >= 0.6 is 0 Å². The molecular formula is C54H58N2. The third-order valence-corrected chi connectivity index (χ3v) is 15.5. The third-order valence-electron chi connectivity index (χ3n) is 15.5. The lowest BCUT2D eigenvalue weighted by Gasteiger charge is -2.46. The molecule has 0 radical (unpaired) electrons. The first-order valence-electron chi connectivity index (χ1n) is 22.3. The van der Waals surface area contributed by atoms with Crippen molar-refractivity contribution < 1.29 is 0 Å². The van der Waals surface area contributed by atoms with Gasteiger partial charge in [0.1, 0.15) is 0 Å². The second-order valence-electron chi connectivity index (χ2n) is 18.3. The molecule has 11 rings (SSSR count). The Morgan fingerprint density at radius 1 is 0.554 bits per heavy atom. The lowest BCUT2D eigenvalue weighted by Crippen LogP contribution is -2.45. The molecule has 0 N–H and O–H groups in total. The highest BCUT2D eigenvalue weighted by Crippen LogP contribution is 2.54. The molecule has 11 unspecified atom stereocenters. The van der Waals surface area contributed by atoms with Crippen molar-refractivity contribution in [3.63, 3.8) is 0 Å². The van der Waals surface area contributed by atoms with Gasteiger partial charge in [-0.15, -0.1) is 0 Å². The minimum Gasteiger partial charge on any atom is -0.364 e. The van der Waals surface area contributed by atoms with E-state index in [-0.39, 0.29) is 0 Å². The fraction of sp³-hybridized carbons (Fsp3) is 0.407. The summed E-state index contributed by atoms with van der Waals surface area (Å²) in [6.45, 7) is 0. The summed E-state index contributed by atoms with van der Waals surface area (Å²) >= 11 is 0. The molecule has 56 heavy (non-hydrogen) atoms. The maximum atomic E-state index is 2.98. The predicted molar refractivity (Wildman–Crippen MR) is 232 cm³/mol. The van der Waals surface area contributed by atoms with Crippen LogP contribution in [-0.4, -0.2) is 34.0 Å². The molecule has 1 fully saturated rings. The van der Waals surface area contributed by atoms with Crippen molar-refractivity contribution >= 4 is 0 Å². The van der Waals surface area contributed by atoms with Gasteiger partial charge in [0.05, 0.1) is 12.1 Å². The minimum absolute atomic E-state index is 0.433. The quantitative estimate of drug-likeness (QED) is 0.269. The van der Waals surface area contributed by atoms with Gasteiger partial charge in [0.25, 0.3) is 0 Å². The Labute approximate surface area is 335 Å². The molecule has 8 aliphatic carbocycles. The normalized spacial score (nSPS) is 37.8. The van der Waals surface area contributed by atoms with Crippen LogP contribution in [0.25, 0.3) is 0 Å². The van der Waals surface area contributed by atoms with Gasteiger partial charge >= 0.3 is 0 Å². The van der Waals surface area contributed by atoms with E-state index in [2.05, 4.69) is 162 Å². The fourth-order valence-corrected chi connectivity index (χ4v) is 13.0. The van der Waals surface area contributed by atoms with Crippen LogP contribution in [0.5, 0.6) is 0 Å². The van der Waals surface area contributed by atoms with E-state index in [9.17, 15) is 0 Å². The van der Waals surface area contributed by atoms with Gasteiger partial charge < -0.3 is 9.80 Å². The van der Waals surface area contributed by atoms with Crippen LogP contribution in [0.15, 0.2) is 186 Å². The number of fused-ring (bicyclic) bond motifs is 4. The smallest absolute Gasteiger partial charge is 0.0580 e. The van der Waals surface area contributed by atoms with E-state index >= 15 is 0 Å². The van der Waals surface area contributed by atoms with E-state index in [0.29, 0.717) is 65.6 Å². The summed E-state index contributed by atoms with van der Waals surface area (Å²) in [5.41, 5.74) is 11.5. The van der Waals surface area contributed by atoms with Crippen LogP contribution in [0.2, 0.25) is 0 Å². The summed E-state index contributed by atoms with van der Waals surface area (Å²) in [4.78, 5) is 5.94. The summed E-state index contributed by atoms with van der Waals surface area (Å²) < 4.78 is 0. The first kappa shape index (κ1) is 34.7. The van der Waals surface area contributed by atoms with Crippen LogP contribution in [0.1, 0.15) is 82.1 Å². The largest absolute Gasteiger partial charge is 0.364 e. The topological polar surface area (TPSA) is 6.48 Å². The van der Waals surface area contributed by atoms with Crippen molar-refractivity contribution in [1.82, 2.24) is 9.80 Å². The van der Waals surface area contributed by atoms with Gasteiger partial charge in [-0.3, -0.25) is 0 Å². The molecule has 2 aliphatic heterocycles. The summed E-state index contributed by atoms with van der Waals surface area (Å²) in [7, 11) is 0. The molecule has 284 valence electrons. The Balaban J connectivity index is 0.924. The van der Waals surface area contributed by atoms with E-state index in [1.54, 1.807) is 39.2 Å². The summed E-state index contributed by atoms with van der Waals surface area (Å²) in [5, 5.41) is 0. The number of rotatable bonds is 6. The Bertz CT molecular complexity index is 2120. The van der Waals surface area contributed by atoms with Gasteiger partial charge in [0.2, 0.25) is 0 Å². The third kappa shape index (κ3) is 6.05. The van der Waals surface area contributed by atoms with Crippen molar-refractivity contribution in [3.8, 4) is 0 Å². The van der Waals surface area contributed by atoms with Gasteiger partial charge in [0, 0.05) is 47.1 Å². The molecule has 2 heterocycles. The van der Waals surface area contributed by atoms with Crippen LogP contribution in [0.3, 0.4) is 0 Å². The van der Waals surface area contributed by atoms with E-state index in [0.717, 1.165) is 12.8 Å². The van der Waals surface area contributed by atoms with E-state index in [4.69, 9.17) is 0 Å². The predicted octanol–water partition coefficient (Wildman–Crippen LogP) is 12.3. The molecule has 1 aromatic carbocycles. The Hall–Kier alpha value is -4.56. The minimum atomic E-state index is 0.433. The molecule has 1 aromatic rings. The number of hydrogen-bond acceptors (Lipinski definition) is 2. The van der Waals surface area contributed by atoms with Gasteiger partial charge in [-0.2, -0.15) is 0 Å². The maximum Gasteiger partial charge on any atom is 0.0580 e. The number of benzene rings is 1. The molecule has 0 saturated heterocycles. The molecule has 0 aromatic heterocycles. The average molecular weight is 735 g/mol. The fourth-order valence-electron chi connectivity index (χ4n) is 13.0. The van der Waals surface area contributed by atoms with Gasteiger partial charge in [0.15, 0.2) is 0 Å². The van der Waals surface area contributed by atoms with E-state index < -0.39 is 0 Å². The Morgan fingerprint density at radius 2 is 1.32 bits per heavy atom. The van der Waals surface area contributed by atoms with Crippen LogP contribution < -0.4 is 0 Å². The number of hydrogen-bond donors (Lipinski definition) is 0. The molecule has 10 aliphatic rings. The van der Waals surface area contributed by atoms with Gasteiger partial charge in [-0.05, 0) is 105 Å². The molecule has 0 spiro atoms. The van der Waals surface area contributed by atoms with Crippen LogP contribution in [0, 0.1) is 35.5 Å². The van der Waals surface area contributed by atoms with E-state index in [1.807, 2.05) is 0 Å². The monoisotopic (exact) mass is 734 g/mol. The van der Waals surface area contributed by atoms with Crippen molar-refractivity contribution in [2.75, 3.05) is 0 Å². The standard InChI is InChI=1S/C54H58N2/c1-4-15-37(16-5-1)40-27-30-44(31-28-40)56-52-26-13-10-21-47(52)49-24-14-23-46(54(49)56)41-29-32-53-50(36-41)48-22-11-12-25-51(48)55(53)45-34-42(38-17-6-2-7-18-38)33-43(35-45)39-19-8-3-9-20-39/h1-15,17-19,21-22,24-27,36-37,39,42-48,51-52H,16,20,23,28-35H2. The van der Waals surface area contributed by atoms with Crippen molar-refractivity contribution in [2.24, 2.45) is 35.5 Å². The second-order valence-corrected chi connectivity index (χ2v) is 18.3. The van der Waals surface area contributed by atoms with Crippen molar-refractivity contribution in [1.29, 1.82) is 0 Å². The molecule has 11 atom stereocenters. The molecular weight excluding hydrogens is 677 g/mol. The van der Waals surface area contributed by atoms with Gasteiger partial charge in [-0.25, -0.2) is 0 Å². The summed E-state index contributed by atoms with van der Waals surface area (Å²) in [6.07, 6.45) is 62.0. The van der Waals surface area contributed by atoms with Gasteiger partial charge in [-0.1, -0.05) is 163 Å². The number of nitrogens with zero attached hydrogens (tertiary/aromatic N) is 2. The lowest BCUT2D eigenvalue weighted by atomic mass is 9.69. The zero-order valence-corrected chi connectivity index (χ0v) is 33.0. The SMILES string of the molecule is C1=CCC(C2=CCC(N3C4=C(C=CCC4C4=CC5=C(CC4)N(C4CC(c6ccccc6)CC(C6C=CC=CC6)C4)C4C=CC=CC54)C4C=CC=CC43)CC2)C=C1. The Morgan fingerprint density at radius 3 is 2.09 bits per heavy atom. The highest BCUT2D eigenvalue weighted by molar-refractivity contribution is 5.52. The maximum absolute atomic E-state index is 2.98. The summed E-state index contributed by atoms with van der Waals surface area (Å²) in [6, 6.07) is 13.5. The second kappa shape index (κ2) is 14.7. The zero-order valence-electron chi connectivity index (χ0n) is 33.0. The summed E-state index contributed by atoms with van der Waals surface area (Å²) in [5.74, 6) is 3.96. The van der Waals surface area contributed by atoms with Crippen LogP contribution in [-0.2, 0) is 0 Å². The molecule has 0 amide bonds. The number of allylic oxidation sites excluding steroid dienone is 18. The van der Waals surface area contributed by atoms with Crippen molar-refractivity contribution in [3.05, 3.63) is 191 Å². The first-order valence-corrected chi connectivity index (χ1v) is 22.3. The van der Waals surface area contributed by atoms with Crippen LogP contribution in [0.4, 0.5) is 0 Å². The highest BCUT2D eigenvalue weighted by Gasteiger charge is 2.48. The molecule has 1 saturated carbocycles. The average Bonchev–Trinajstić information content (AvgIpc) is 3.80. The lowest BCUT2D eigenvalue weighted by molar-refractivity contribution is 0.113. The zero-order chi connectivity index (χ0) is 37.0. The Kier molecular flexibility index (Phi) is 9.13. The van der Waals surface area contributed by atoms with E-state index in [1.165, 1.54) is 57.8 Å².